The molecule has 0 radical (unpaired) electrons. The fourth-order valence-electron chi connectivity index (χ4n) is 2.63. The molecule has 1 aliphatic rings. The van der Waals surface area contributed by atoms with Gasteiger partial charge in [-0.3, -0.25) is 14.5 Å². The number of sulfonamides is 1. The quantitative estimate of drug-likeness (QED) is 0.786. The minimum atomic E-state index is -3.89. The number of benzene rings is 2. The molecule has 0 aliphatic carbocycles. The van der Waals surface area contributed by atoms with Gasteiger partial charge in [0.25, 0.3) is 11.8 Å². The summed E-state index contributed by atoms with van der Waals surface area (Å²) in [6.07, 6.45) is 0. The Hall–Kier alpha value is -2.29. The molecule has 0 bridgehead atoms. The minimum absolute atomic E-state index is 0.0921. The molecule has 136 valence electrons. The van der Waals surface area contributed by atoms with Crippen LogP contribution in [0.3, 0.4) is 0 Å². The number of halogens is 2. The first-order chi connectivity index (χ1) is 12.2. The maximum Gasteiger partial charge on any atom is 0.261 e. The van der Waals surface area contributed by atoms with E-state index >= 15 is 0 Å². The van der Waals surface area contributed by atoms with Crippen LogP contribution in [-0.2, 0) is 10.0 Å². The van der Waals surface area contributed by atoms with Gasteiger partial charge in [0.1, 0.15) is 5.82 Å². The zero-order valence-corrected chi connectivity index (χ0v) is 15.2. The zero-order valence-electron chi connectivity index (χ0n) is 13.6. The Bertz CT molecular complexity index is 1020. The molecule has 26 heavy (non-hydrogen) atoms. The summed E-state index contributed by atoms with van der Waals surface area (Å²) >= 11 is 5.84. The molecule has 0 unspecified atom stereocenters. The van der Waals surface area contributed by atoms with E-state index in [-0.39, 0.29) is 34.7 Å². The number of rotatable bonds is 5. The minimum Gasteiger partial charge on any atom is -0.273 e. The molecule has 1 N–H and O–H groups in total. The number of carbonyl (C=O) groups is 2. The summed E-state index contributed by atoms with van der Waals surface area (Å²) in [6.45, 7) is 1.15. The van der Waals surface area contributed by atoms with Gasteiger partial charge in [-0.1, -0.05) is 11.6 Å². The molecule has 3 rings (SSSR count). The first-order valence-corrected chi connectivity index (χ1v) is 9.48. The fourth-order valence-corrected chi connectivity index (χ4v) is 3.90. The van der Waals surface area contributed by atoms with Crippen LogP contribution in [0.1, 0.15) is 26.3 Å². The third-order valence-corrected chi connectivity index (χ3v) is 5.69. The topological polar surface area (TPSA) is 83.6 Å². The molecule has 1 heterocycles. The number of nitrogens with zero attached hydrogens (tertiary/aromatic N) is 1. The van der Waals surface area contributed by atoms with Gasteiger partial charge in [-0.25, -0.2) is 17.5 Å². The molecule has 0 spiro atoms. The van der Waals surface area contributed by atoms with Crippen molar-refractivity contribution < 1.29 is 22.4 Å². The molecule has 9 heteroatoms. The van der Waals surface area contributed by atoms with Crippen LogP contribution in [0.2, 0.25) is 5.02 Å². The van der Waals surface area contributed by atoms with Gasteiger partial charge in [-0.05, 0) is 48.9 Å². The third-order valence-electron chi connectivity index (χ3n) is 4.00. The lowest BCUT2D eigenvalue weighted by molar-refractivity contribution is 0.0657. The number of hydrogen-bond donors (Lipinski definition) is 1. The number of fused-ring (bicyclic) bond motifs is 1. The highest BCUT2D eigenvalue weighted by Gasteiger charge is 2.35. The second-order valence-corrected chi connectivity index (χ2v) is 7.96. The van der Waals surface area contributed by atoms with Gasteiger partial charge in [0, 0.05) is 18.1 Å². The van der Waals surface area contributed by atoms with E-state index in [0.717, 1.165) is 17.0 Å². The van der Waals surface area contributed by atoms with Crippen molar-refractivity contribution in [3.05, 3.63) is 63.9 Å². The lowest BCUT2D eigenvalue weighted by Crippen LogP contribution is -2.38. The van der Waals surface area contributed by atoms with Crippen LogP contribution in [0, 0.1) is 12.7 Å². The molecule has 0 fully saturated rings. The van der Waals surface area contributed by atoms with Gasteiger partial charge in [0.2, 0.25) is 10.0 Å². The fraction of sp³-hybridized carbons (Fsp3) is 0.176. The van der Waals surface area contributed by atoms with E-state index in [1.165, 1.54) is 31.2 Å². The lowest BCUT2D eigenvalue weighted by Gasteiger charge is -2.14. The van der Waals surface area contributed by atoms with Gasteiger partial charge in [0.05, 0.1) is 16.0 Å². The van der Waals surface area contributed by atoms with Crippen molar-refractivity contribution in [2.75, 3.05) is 13.1 Å². The maximum atomic E-state index is 13.3. The van der Waals surface area contributed by atoms with Gasteiger partial charge < -0.3 is 0 Å². The molecule has 0 saturated carbocycles. The summed E-state index contributed by atoms with van der Waals surface area (Å²) in [5.41, 5.74) is 0.626. The van der Waals surface area contributed by atoms with E-state index < -0.39 is 27.7 Å². The predicted octanol–water partition coefficient (Wildman–Crippen LogP) is 2.36. The van der Waals surface area contributed by atoms with Crippen molar-refractivity contribution in [1.29, 1.82) is 0 Å². The molecule has 0 saturated heterocycles. The van der Waals surface area contributed by atoms with Gasteiger partial charge in [-0.2, -0.15) is 0 Å². The molecule has 1 aliphatic heterocycles. The lowest BCUT2D eigenvalue weighted by atomic mass is 10.1. The van der Waals surface area contributed by atoms with Crippen LogP contribution in [0.4, 0.5) is 4.39 Å². The van der Waals surface area contributed by atoms with E-state index in [4.69, 9.17) is 11.6 Å². The number of hydrogen-bond acceptors (Lipinski definition) is 4. The molecule has 2 aromatic carbocycles. The van der Waals surface area contributed by atoms with E-state index in [1.54, 1.807) is 0 Å². The Labute approximate surface area is 154 Å². The van der Waals surface area contributed by atoms with Crippen molar-refractivity contribution in [1.82, 2.24) is 9.62 Å². The third kappa shape index (κ3) is 3.35. The zero-order chi connectivity index (χ0) is 19.1. The van der Waals surface area contributed by atoms with Crippen LogP contribution in [0.5, 0.6) is 0 Å². The SMILES string of the molecule is Cc1cc(S(=O)(=O)NCCN2C(=O)c3ccc(Cl)cc3C2=O)ccc1F. The van der Waals surface area contributed by atoms with E-state index in [9.17, 15) is 22.4 Å². The molecule has 0 aromatic heterocycles. The highest BCUT2D eigenvalue weighted by atomic mass is 35.5. The number of amides is 2. The standard InChI is InChI=1S/C17H14ClFN2O4S/c1-10-8-12(3-5-15(10)19)26(24,25)20-6-7-21-16(22)13-4-2-11(18)9-14(13)17(21)23/h2-5,8-9,20H,6-7H2,1H3. The number of aryl methyl sites for hydroxylation is 1. The summed E-state index contributed by atoms with van der Waals surface area (Å²) < 4.78 is 40.1. The van der Waals surface area contributed by atoms with Crippen LogP contribution in [0.15, 0.2) is 41.3 Å². The van der Waals surface area contributed by atoms with Crippen LogP contribution >= 0.6 is 11.6 Å². The average molecular weight is 397 g/mol. The average Bonchev–Trinajstić information content (AvgIpc) is 2.81. The summed E-state index contributed by atoms with van der Waals surface area (Å²) in [7, 11) is -3.89. The summed E-state index contributed by atoms with van der Waals surface area (Å²) in [5.74, 6) is -1.53. The van der Waals surface area contributed by atoms with Crippen molar-refractivity contribution in [2.24, 2.45) is 0 Å². The van der Waals surface area contributed by atoms with Crippen LogP contribution < -0.4 is 4.72 Å². The molecular weight excluding hydrogens is 383 g/mol. The second-order valence-electron chi connectivity index (χ2n) is 5.76. The van der Waals surface area contributed by atoms with Crippen molar-refractivity contribution in [3.63, 3.8) is 0 Å². The number of nitrogens with one attached hydrogen (secondary N) is 1. The smallest absolute Gasteiger partial charge is 0.261 e. The monoisotopic (exact) mass is 396 g/mol. The Balaban J connectivity index is 1.69. The number of imide groups is 1. The first kappa shape index (κ1) is 18.5. The maximum absolute atomic E-state index is 13.3. The van der Waals surface area contributed by atoms with Crippen LogP contribution in [0.25, 0.3) is 0 Å². The molecule has 2 aromatic rings. The van der Waals surface area contributed by atoms with Gasteiger partial charge in [-0.15, -0.1) is 0 Å². The highest BCUT2D eigenvalue weighted by molar-refractivity contribution is 7.89. The number of carbonyl (C=O) groups excluding carboxylic acids is 2. The van der Waals surface area contributed by atoms with E-state index in [0.29, 0.717) is 5.02 Å². The summed E-state index contributed by atoms with van der Waals surface area (Å²) in [5, 5.41) is 0.333. The molecule has 6 nitrogen and oxygen atoms in total. The Kier molecular flexibility index (Phi) is 4.83. The van der Waals surface area contributed by atoms with E-state index in [2.05, 4.69) is 4.72 Å². The van der Waals surface area contributed by atoms with Crippen molar-refractivity contribution in [3.8, 4) is 0 Å². The normalized spacial score (nSPS) is 14.0. The molecular formula is C17H14ClFN2O4S. The second kappa shape index (κ2) is 6.79. The Morgan fingerprint density at radius 1 is 1.08 bits per heavy atom. The van der Waals surface area contributed by atoms with E-state index in [1.807, 2.05) is 0 Å². The summed E-state index contributed by atoms with van der Waals surface area (Å²) in [4.78, 5) is 25.4. The first-order valence-electron chi connectivity index (χ1n) is 7.62. The van der Waals surface area contributed by atoms with Gasteiger partial charge >= 0.3 is 0 Å². The van der Waals surface area contributed by atoms with Crippen molar-refractivity contribution >= 4 is 33.4 Å². The predicted molar refractivity (Wildman–Crippen MR) is 93.1 cm³/mol. The largest absolute Gasteiger partial charge is 0.273 e. The highest BCUT2D eigenvalue weighted by Crippen LogP contribution is 2.25. The Morgan fingerprint density at radius 2 is 1.77 bits per heavy atom. The van der Waals surface area contributed by atoms with Gasteiger partial charge in [0.15, 0.2) is 0 Å². The van der Waals surface area contributed by atoms with Crippen LogP contribution in [-0.4, -0.2) is 38.2 Å². The molecule has 2 amide bonds. The molecule has 0 atom stereocenters. The summed E-state index contributed by atoms with van der Waals surface area (Å²) in [6, 6.07) is 7.80. The Morgan fingerprint density at radius 3 is 2.46 bits per heavy atom. The van der Waals surface area contributed by atoms with Crippen molar-refractivity contribution in [2.45, 2.75) is 11.8 Å².